The van der Waals surface area contributed by atoms with E-state index in [2.05, 4.69) is 9.97 Å². The number of halogens is 2. The molecule has 2 aromatic rings. The average molecular weight is 264 g/mol. The highest BCUT2D eigenvalue weighted by Gasteiger charge is 2.34. The summed E-state index contributed by atoms with van der Waals surface area (Å²) >= 11 is 0. The molecule has 6 heteroatoms. The second-order valence-electron chi connectivity index (χ2n) is 4.39. The zero-order valence-corrected chi connectivity index (χ0v) is 10.3. The van der Waals surface area contributed by atoms with Crippen molar-refractivity contribution in [2.75, 3.05) is 0 Å². The summed E-state index contributed by atoms with van der Waals surface area (Å²) in [5.41, 5.74) is 11.9. The molecule has 0 fully saturated rings. The summed E-state index contributed by atoms with van der Waals surface area (Å²) in [6.45, 7) is 1.68. The third-order valence-corrected chi connectivity index (χ3v) is 3.13. The molecule has 0 bridgehead atoms. The molecule has 19 heavy (non-hydrogen) atoms. The minimum absolute atomic E-state index is 0.431. The highest BCUT2D eigenvalue weighted by molar-refractivity contribution is 5.38. The fourth-order valence-electron chi connectivity index (χ4n) is 2.01. The first-order valence-electron chi connectivity index (χ1n) is 5.73. The first-order valence-corrected chi connectivity index (χ1v) is 5.73. The molecule has 0 amide bonds. The Morgan fingerprint density at radius 3 is 1.79 bits per heavy atom. The molecule has 1 atom stereocenters. The van der Waals surface area contributed by atoms with E-state index in [0.29, 0.717) is 11.1 Å². The largest absolute Gasteiger partial charge is 0.326 e. The number of hydrogen-bond donors (Lipinski definition) is 2. The Hall–Kier alpha value is -1.92. The number of rotatable bonds is 3. The Morgan fingerprint density at radius 2 is 1.47 bits per heavy atom. The van der Waals surface area contributed by atoms with Crippen molar-refractivity contribution < 1.29 is 8.78 Å². The number of aromatic nitrogens is 2. The summed E-state index contributed by atoms with van der Waals surface area (Å²) < 4.78 is 26.5. The molecule has 0 aliphatic carbocycles. The molecular formula is C13H14F2N4. The van der Waals surface area contributed by atoms with Crippen LogP contribution in [0.2, 0.25) is 0 Å². The number of nitrogens with zero attached hydrogens (tertiary/aromatic N) is 2. The van der Waals surface area contributed by atoms with Crippen LogP contribution in [0.5, 0.6) is 0 Å². The molecule has 0 saturated heterocycles. The lowest BCUT2D eigenvalue weighted by molar-refractivity contribution is 0.436. The third-order valence-electron chi connectivity index (χ3n) is 3.13. The van der Waals surface area contributed by atoms with Crippen molar-refractivity contribution >= 4 is 0 Å². The Kier molecular flexibility index (Phi) is 3.55. The normalized spacial score (nSPS) is 13.3. The molecule has 0 unspecified atom stereocenters. The number of hydrogen-bond acceptors (Lipinski definition) is 4. The van der Waals surface area contributed by atoms with Crippen molar-refractivity contribution in [3.05, 3.63) is 59.7 Å². The van der Waals surface area contributed by atoms with Crippen LogP contribution < -0.4 is 11.5 Å². The lowest BCUT2D eigenvalue weighted by Crippen LogP contribution is -2.52. The number of pyridine rings is 2. The SMILES string of the molecule is C[C@H](N)C(N)(c1ccnc(F)c1)c1ccnc(F)c1. The summed E-state index contributed by atoms with van der Waals surface area (Å²) in [6.07, 6.45) is 2.60. The van der Waals surface area contributed by atoms with Crippen molar-refractivity contribution in [3.63, 3.8) is 0 Å². The zero-order valence-electron chi connectivity index (χ0n) is 10.3. The monoisotopic (exact) mass is 264 g/mol. The second kappa shape index (κ2) is 4.99. The van der Waals surface area contributed by atoms with Crippen LogP contribution in [-0.2, 0) is 5.54 Å². The summed E-state index contributed by atoms with van der Waals surface area (Å²) in [7, 11) is 0. The van der Waals surface area contributed by atoms with Gasteiger partial charge in [0.1, 0.15) is 0 Å². The molecule has 0 aliphatic heterocycles. The Balaban J connectivity index is 2.61. The standard InChI is InChI=1S/C13H14F2N4/c1-8(16)13(17,9-2-4-18-11(14)6-9)10-3-5-19-12(15)7-10/h2-8H,16-17H2,1H3/t8-/m0/s1. The zero-order chi connectivity index (χ0) is 14.0. The van der Waals surface area contributed by atoms with E-state index in [9.17, 15) is 8.78 Å². The van der Waals surface area contributed by atoms with E-state index >= 15 is 0 Å². The molecule has 2 rings (SSSR count). The first-order chi connectivity index (χ1) is 8.94. The minimum Gasteiger partial charge on any atom is -0.326 e. The van der Waals surface area contributed by atoms with Gasteiger partial charge < -0.3 is 11.5 Å². The van der Waals surface area contributed by atoms with Crippen LogP contribution in [0, 0.1) is 11.9 Å². The van der Waals surface area contributed by atoms with Crippen LogP contribution in [0.4, 0.5) is 8.78 Å². The van der Waals surface area contributed by atoms with Crippen molar-refractivity contribution in [2.45, 2.75) is 18.5 Å². The van der Waals surface area contributed by atoms with E-state index in [1.807, 2.05) is 0 Å². The van der Waals surface area contributed by atoms with Gasteiger partial charge >= 0.3 is 0 Å². The van der Waals surface area contributed by atoms with Crippen molar-refractivity contribution in [3.8, 4) is 0 Å². The quantitative estimate of drug-likeness (QED) is 0.819. The van der Waals surface area contributed by atoms with Gasteiger partial charge in [-0.1, -0.05) is 0 Å². The topological polar surface area (TPSA) is 77.8 Å². The van der Waals surface area contributed by atoms with E-state index in [4.69, 9.17) is 11.5 Å². The van der Waals surface area contributed by atoms with Gasteiger partial charge in [0, 0.05) is 18.4 Å². The molecule has 100 valence electrons. The Bertz CT molecular complexity index is 541. The molecule has 0 radical (unpaired) electrons. The van der Waals surface area contributed by atoms with Gasteiger partial charge in [0.05, 0.1) is 5.54 Å². The van der Waals surface area contributed by atoms with Crippen LogP contribution in [0.25, 0.3) is 0 Å². The van der Waals surface area contributed by atoms with Crippen LogP contribution >= 0.6 is 0 Å². The van der Waals surface area contributed by atoms with Gasteiger partial charge in [0.25, 0.3) is 0 Å². The van der Waals surface area contributed by atoms with Gasteiger partial charge in [-0.2, -0.15) is 8.78 Å². The maximum atomic E-state index is 13.3. The summed E-state index contributed by atoms with van der Waals surface area (Å²) in [5.74, 6) is -1.33. The minimum atomic E-state index is -1.21. The summed E-state index contributed by atoms with van der Waals surface area (Å²) in [4.78, 5) is 6.95. The van der Waals surface area contributed by atoms with Crippen molar-refractivity contribution in [2.24, 2.45) is 11.5 Å². The maximum absolute atomic E-state index is 13.3. The van der Waals surface area contributed by atoms with E-state index in [0.717, 1.165) is 0 Å². The van der Waals surface area contributed by atoms with Gasteiger partial charge in [-0.15, -0.1) is 0 Å². The molecule has 0 spiro atoms. The van der Waals surface area contributed by atoms with Crippen molar-refractivity contribution in [1.29, 1.82) is 0 Å². The average Bonchev–Trinajstić information content (AvgIpc) is 2.37. The van der Waals surface area contributed by atoms with E-state index in [1.165, 1.54) is 24.5 Å². The molecule has 4 nitrogen and oxygen atoms in total. The maximum Gasteiger partial charge on any atom is 0.213 e. The molecule has 0 aromatic carbocycles. The molecule has 2 heterocycles. The third kappa shape index (κ3) is 2.45. The smallest absolute Gasteiger partial charge is 0.213 e. The van der Waals surface area contributed by atoms with Gasteiger partial charge in [-0.3, -0.25) is 0 Å². The molecule has 4 N–H and O–H groups in total. The van der Waals surface area contributed by atoms with Crippen LogP contribution in [0.15, 0.2) is 36.7 Å². The van der Waals surface area contributed by atoms with Crippen LogP contribution in [0.1, 0.15) is 18.1 Å². The molecule has 0 aliphatic rings. The number of nitrogens with two attached hydrogens (primary N) is 2. The van der Waals surface area contributed by atoms with Gasteiger partial charge in [0.2, 0.25) is 11.9 Å². The molecule has 0 saturated carbocycles. The lowest BCUT2D eigenvalue weighted by Gasteiger charge is -2.34. The van der Waals surface area contributed by atoms with Gasteiger partial charge in [-0.25, -0.2) is 9.97 Å². The van der Waals surface area contributed by atoms with Crippen LogP contribution in [-0.4, -0.2) is 16.0 Å². The summed E-state index contributed by atoms with van der Waals surface area (Å²) in [6, 6.07) is 4.95. The van der Waals surface area contributed by atoms with Crippen molar-refractivity contribution in [1.82, 2.24) is 9.97 Å². The molecule has 2 aromatic heterocycles. The summed E-state index contributed by atoms with van der Waals surface area (Å²) in [5, 5.41) is 0. The predicted molar refractivity (Wildman–Crippen MR) is 67.0 cm³/mol. The fourth-order valence-corrected chi connectivity index (χ4v) is 2.01. The van der Waals surface area contributed by atoms with E-state index in [1.54, 1.807) is 19.1 Å². The van der Waals surface area contributed by atoms with Gasteiger partial charge in [-0.05, 0) is 42.3 Å². The highest BCUT2D eigenvalue weighted by Crippen LogP contribution is 2.29. The molecular weight excluding hydrogens is 250 g/mol. The highest BCUT2D eigenvalue weighted by atomic mass is 19.1. The fraction of sp³-hybridized carbons (Fsp3) is 0.231. The van der Waals surface area contributed by atoms with E-state index in [-0.39, 0.29) is 0 Å². The lowest BCUT2D eigenvalue weighted by atomic mass is 9.79. The van der Waals surface area contributed by atoms with E-state index < -0.39 is 23.5 Å². The predicted octanol–water partition coefficient (Wildman–Crippen LogP) is 1.30. The van der Waals surface area contributed by atoms with Crippen LogP contribution in [0.3, 0.4) is 0 Å². The van der Waals surface area contributed by atoms with Gasteiger partial charge in [0.15, 0.2) is 0 Å². The Labute approximate surface area is 109 Å². The first kappa shape index (κ1) is 13.5. The Morgan fingerprint density at radius 1 is 1.05 bits per heavy atom. The second-order valence-corrected chi connectivity index (χ2v) is 4.39.